The number of unbranched alkanes of at least 4 members (excludes halogenated alkanes) is 3. The van der Waals surface area contributed by atoms with E-state index in [4.69, 9.17) is 10.5 Å². The second kappa shape index (κ2) is 5.91. The van der Waals surface area contributed by atoms with E-state index in [2.05, 4.69) is 13.8 Å². The van der Waals surface area contributed by atoms with Gasteiger partial charge >= 0.3 is 0 Å². The van der Waals surface area contributed by atoms with Gasteiger partial charge in [-0.2, -0.15) is 0 Å². The van der Waals surface area contributed by atoms with E-state index in [1.165, 1.54) is 31.4 Å². The lowest BCUT2D eigenvalue weighted by molar-refractivity contribution is 0.0426. The minimum Gasteiger partial charge on any atom is -0.487 e. The van der Waals surface area contributed by atoms with Crippen LogP contribution in [0.15, 0.2) is 18.2 Å². The summed E-state index contributed by atoms with van der Waals surface area (Å²) in [4.78, 5) is 0. The molecule has 0 aliphatic carbocycles. The first-order valence-electron chi connectivity index (χ1n) is 7.28. The lowest BCUT2D eigenvalue weighted by Gasteiger charge is -2.39. The van der Waals surface area contributed by atoms with Gasteiger partial charge in [0.2, 0.25) is 0 Å². The van der Waals surface area contributed by atoms with Gasteiger partial charge in [-0.3, -0.25) is 0 Å². The summed E-state index contributed by atoms with van der Waals surface area (Å²) in [7, 11) is 0. The van der Waals surface area contributed by atoms with Crippen LogP contribution < -0.4 is 10.5 Å². The second-order valence-corrected chi connectivity index (χ2v) is 5.86. The van der Waals surface area contributed by atoms with E-state index in [-0.39, 0.29) is 17.5 Å². The van der Waals surface area contributed by atoms with E-state index in [1.54, 1.807) is 6.07 Å². The molecule has 0 saturated heterocycles. The lowest BCUT2D eigenvalue weighted by atomic mass is 9.85. The summed E-state index contributed by atoms with van der Waals surface area (Å²) < 4.78 is 19.3. The maximum atomic E-state index is 13.3. The zero-order valence-corrected chi connectivity index (χ0v) is 11.9. The van der Waals surface area contributed by atoms with Crippen molar-refractivity contribution in [2.75, 3.05) is 0 Å². The Kier molecular flexibility index (Phi) is 4.46. The van der Waals surface area contributed by atoms with Crippen molar-refractivity contribution >= 4 is 0 Å². The van der Waals surface area contributed by atoms with Crippen LogP contribution in [-0.2, 0) is 0 Å². The van der Waals surface area contributed by atoms with Crippen LogP contribution >= 0.6 is 0 Å². The van der Waals surface area contributed by atoms with Gasteiger partial charge in [0.25, 0.3) is 0 Å². The van der Waals surface area contributed by atoms with Crippen LogP contribution in [0.1, 0.15) is 64.0 Å². The summed E-state index contributed by atoms with van der Waals surface area (Å²) in [5.74, 6) is 0.359. The Morgan fingerprint density at radius 1 is 1.37 bits per heavy atom. The molecule has 0 saturated carbocycles. The maximum absolute atomic E-state index is 13.3. The number of benzene rings is 1. The van der Waals surface area contributed by atoms with Gasteiger partial charge in [-0.1, -0.05) is 32.3 Å². The molecule has 0 bridgehead atoms. The average Bonchev–Trinajstić information content (AvgIpc) is 2.34. The number of nitrogens with two attached hydrogens (primary N) is 1. The van der Waals surface area contributed by atoms with Gasteiger partial charge < -0.3 is 10.5 Å². The number of rotatable bonds is 5. The van der Waals surface area contributed by atoms with Gasteiger partial charge in [0.05, 0.1) is 0 Å². The third-order valence-corrected chi connectivity index (χ3v) is 3.94. The van der Waals surface area contributed by atoms with E-state index in [9.17, 15) is 4.39 Å². The van der Waals surface area contributed by atoms with Crippen LogP contribution in [-0.4, -0.2) is 5.60 Å². The highest BCUT2D eigenvalue weighted by Gasteiger charge is 2.35. The molecule has 19 heavy (non-hydrogen) atoms. The Morgan fingerprint density at radius 2 is 2.16 bits per heavy atom. The molecular weight excluding hydrogens is 241 g/mol. The number of halogens is 1. The molecule has 2 atom stereocenters. The Morgan fingerprint density at radius 3 is 2.89 bits per heavy atom. The Hall–Kier alpha value is -1.09. The van der Waals surface area contributed by atoms with Gasteiger partial charge in [0.15, 0.2) is 0 Å². The highest BCUT2D eigenvalue weighted by Crippen LogP contribution is 2.40. The third-order valence-electron chi connectivity index (χ3n) is 3.94. The van der Waals surface area contributed by atoms with Gasteiger partial charge in [0.1, 0.15) is 17.2 Å². The van der Waals surface area contributed by atoms with Crippen LogP contribution in [0.25, 0.3) is 0 Å². The molecule has 1 aliphatic rings. The minimum absolute atomic E-state index is 0.0551. The van der Waals surface area contributed by atoms with Gasteiger partial charge in [-0.25, -0.2) is 4.39 Å². The number of hydrogen-bond donors (Lipinski definition) is 1. The van der Waals surface area contributed by atoms with Crippen molar-refractivity contribution in [3.05, 3.63) is 29.6 Å². The van der Waals surface area contributed by atoms with Crippen molar-refractivity contribution in [1.82, 2.24) is 0 Å². The zero-order valence-electron chi connectivity index (χ0n) is 11.9. The predicted octanol–water partition coefficient (Wildman–Crippen LogP) is 4.34. The molecule has 0 aromatic heterocycles. The molecule has 1 aliphatic heterocycles. The van der Waals surface area contributed by atoms with Crippen molar-refractivity contribution in [2.45, 2.75) is 64.0 Å². The molecule has 106 valence electrons. The molecule has 1 heterocycles. The molecule has 3 heteroatoms. The van der Waals surface area contributed by atoms with Gasteiger partial charge in [-0.15, -0.1) is 0 Å². The average molecular weight is 265 g/mol. The highest BCUT2D eigenvalue weighted by atomic mass is 19.1. The van der Waals surface area contributed by atoms with Crippen molar-refractivity contribution in [2.24, 2.45) is 5.73 Å². The predicted molar refractivity (Wildman–Crippen MR) is 75.7 cm³/mol. The summed E-state index contributed by atoms with van der Waals surface area (Å²) in [5.41, 5.74) is 6.87. The second-order valence-electron chi connectivity index (χ2n) is 5.86. The molecular formula is C16H24FNO. The fourth-order valence-electron chi connectivity index (χ4n) is 2.86. The molecule has 2 rings (SSSR count). The lowest BCUT2D eigenvalue weighted by Crippen LogP contribution is -2.40. The Bertz CT molecular complexity index is 435. The topological polar surface area (TPSA) is 35.2 Å². The summed E-state index contributed by atoms with van der Waals surface area (Å²) in [6.45, 7) is 4.29. The van der Waals surface area contributed by atoms with Gasteiger partial charge in [-0.05, 0) is 25.8 Å². The van der Waals surface area contributed by atoms with E-state index in [0.717, 1.165) is 24.8 Å². The fraction of sp³-hybridized carbons (Fsp3) is 0.625. The van der Waals surface area contributed by atoms with Crippen molar-refractivity contribution in [1.29, 1.82) is 0 Å². The number of fused-ring (bicyclic) bond motifs is 1. The third kappa shape index (κ3) is 3.47. The molecule has 0 radical (unpaired) electrons. The normalized spacial score (nSPS) is 25.8. The quantitative estimate of drug-likeness (QED) is 0.804. The molecule has 0 amide bonds. The van der Waals surface area contributed by atoms with E-state index < -0.39 is 0 Å². The summed E-state index contributed by atoms with van der Waals surface area (Å²) in [5, 5.41) is 0. The van der Waals surface area contributed by atoms with Crippen molar-refractivity contribution < 1.29 is 9.13 Å². The zero-order chi connectivity index (χ0) is 13.9. The monoisotopic (exact) mass is 265 g/mol. The van der Waals surface area contributed by atoms with Crippen LogP contribution in [0.5, 0.6) is 5.75 Å². The van der Waals surface area contributed by atoms with Crippen LogP contribution in [0.3, 0.4) is 0 Å². The Balaban J connectivity index is 2.05. The molecule has 0 spiro atoms. The first kappa shape index (κ1) is 14.3. The summed E-state index contributed by atoms with van der Waals surface area (Å²) in [6, 6.07) is 4.59. The van der Waals surface area contributed by atoms with E-state index in [0.29, 0.717) is 5.75 Å². The van der Waals surface area contributed by atoms with Crippen LogP contribution in [0.4, 0.5) is 4.39 Å². The van der Waals surface area contributed by atoms with Gasteiger partial charge in [0, 0.05) is 24.1 Å². The molecule has 2 N–H and O–H groups in total. The molecule has 1 unspecified atom stereocenters. The highest BCUT2D eigenvalue weighted by molar-refractivity contribution is 5.39. The smallest absolute Gasteiger partial charge is 0.127 e. The van der Waals surface area contributed by atoms with Crippen molar-refractivity contribution in [3.63, 3.8) is 0 Å². The SMILES string of the molecule is CCCCCCC1(C)C[C@H](N)c2ccc(F)cc2O1. The first-order chi connectivity index (χ1) is 9.04. The largest absolute Gasteiger partial charge is 0.487 e. The molecule has 0 fully saturated rings. The molecule has 1 aromatic rings. The molecule has 2 nitrogen and oxygen atoms in total. The molecule has 1 aromatic carbocycles. The fourth-order valence-corrected chi connectivity index (χ4v) is 2.86. The Labute approximate surface area is 115 Å². The first-order valence-corrected chi connectivity index (χ1v) is 7.28. The maximum Gasteiger partial charge on any atom is 0.127 e. The van der Waals surface area contributed by atoms with Crippen molar-refractivity contribution in [3.8, 4) is 5.75 Å². The van der Waals surface area contributed by atoms with E-state index >= 15 is 0 Å². The summed E-state index contributed by atoms with van der Waals surface area (Å²) >= 11 is 0. The standard InChI is InChI=1S/C16H24FNO/c1-3-4-5-6-9-16(2)11-14(18)13-8-7-12(17)10-15(13)19-16/h7-8,10,14H,3-6,9,11,18H2,1-2H3/t14-,16?/m0/s1. The van der Waals surface area contributed by atoms with Crippen LogP contribution in [0.2, 0.25) is 0 Å². The minimum atomic E-state index is -0.263. The van der Waals surface area contributed by atoms with Crippen LogP contribution in [0, 0.1) is 5.82 Å². The number of hydrogen-bond acceptors (Lipinski definition) is 2. The number of ether oxygens (including phenoxy) is 1. The summed E-state index contributed by atoms with van der Waals surface area (Å²) in [6.07, 6.45) is 6.63. The van der Waals surface area contributed by atoms with E-state index in [1.807, 2.05) is 0 Å².